The van der Waals surface area contributed by atoms with Gasteiger partial charge in [0.05, 0.1) is 5.69 Å². The lowest BCUT2D eigenvalue weighted by molar-refractivity contribution is 0.657. The third-order valence-corrected chi connectivity index (χ3v) is 3.95. The maximum Gasteiger partial charge on any atom is 0.303 e. The average Bonchev–Trinajstić information content (AvgIpc) is 3.20. The number of benzene rings is 2. The van der Waals surface area contributed by atoms with E-state index in [9.17, 15) is 4.79 Å². The standard InChI is InChI=1S/C17H10N4O2/c22-16-15-14(12-8-4-5-9-13(12)23-15)20-10-18-19-17(20)21(16)11-6-2-1-3-7-11/h1-10H. The van der Waals surface area contributed by atoms with Gasteiger partial charge >= 0.3 is 5.56 Å². The molecule has 23 heavy (non-hydrogen) atoms. The highest BCUT2D eigenvalue weighted by molar-refractivity contribution is 6.03. The molecule has 0 saturated carbocycles. The molecule has 0 radical (unpaired) electrons. The maximum atomic E-state index is 13.0. The predicted molar refractivity (Wildman–Crippen MR) is 85.9 cm³/mol. The van der Waals surface area contributed by atoms with Crippen molar-refractivity contribution in [2.45, 2.75) is 0 Å². The van der Waals surface area contributed by atoms with E-state index in [0.717, 1.165) is 11.1 Å². The molecular weight excluding hydrogens is 292 g/mol. The Morgan fingerprint density at radius 1 is 0.957 bits per heavy atom. The van der Waals surface area contributed by atoms with Gasteiger partial charge in [-0.1, -0.05) is 30.3 Å². The first kappa shape index (κ1) is 12.2. The van der Waals surface area contributed by atoms with Crippen LogP contribution in [0, 0.1) is 0 Å². The van der Waals surface area contributed by atoms with Crippen molar-refractivity contribution >= 4 is 27.8 Å². The van der Waals surface area contributed by atoms with E-state index in [4.69, 9.17) is 4.42 Å². The Kier molecular flexibility index (Phi) is 2.27. The van der Waals surface area contributed by atoms with Crippen molar-refractivity contribution in [2.24, 2.45) is 0 Å². The molecule has 0 aliphatic carbocycles. The quantitative estimate of drug-likeness (QED) is 0.477. The lowest BCUT2D eigenvalue weighted by atomic mass is 10.2. The summed E-state index contributed by atoms with van der Waals surface area (Å²) < 4.78 is 9.11. The van der Waals surface area contributed by atoms with E-state index in [1.807, 2.05) is 54.6 Å². The number of fused-ring (bicyclic) bond motifs is 5. The molecule has 6 heteroatoms. The monoisotopic (exact) mass is 302 g/mol. The zero-order chi connectivity index (χ0) is 15.4. The fourth-order valence-corrected chi connectivity index (χ4v) is 2.96. The Bertz CT molecular complexity index is 1230. The first-order valence-corrected chi connectivity index (χ1v) is 7.16. The normalized spacial score (nSPS) is 11.7. The molecule has 2 aromatic carbocycles. The second-order valence-electron chi connectivity index (χ2n) is 5.25. The van der Waals surface area contributed by atoms with Gasteiger partial charge in [0.1, 0.15) is 17.4 Å². The van der Waals surface area contributed by atoms with Crippen LogP contribution in [0.25, 0.3) is 33.5 Å². The first-order chi connectivity index (χ1) is 11.3. The summed E-state index contributed by atoms with van der Waals surface area (Å²) in [6.45, 7) is 0. The van der Waals surface area contributed by atoms with E-state index in [1.54, 1.807) is 10.7 Å². The van der Waals surface area contributed by atoms with Crippen LogP contribution in [0.15, 0.2) is 70.1 Å². The number of para-hydroxylation sites is 2. The van der Waals surface area contributed by atoms with Crippen molar-refractivity contribution in [3.63, 3.8) is 0 Å². The van der Waals surface area contributed by atoms with Gasteiger partial charge in [0.15, 0.2) is 0 Å². The third kappa shape index (κ3) is 1.54. The Balaban J connectivity index is 2.08. The molecule has 3 aromatic heterocycles. The summed E-state index contributed by atoms with van der Waals surface area (Å²) in [7, 11) is 0. The van der Waals surface area contributed by atoms with Gasteiger partial charge in [0.25, 0.3) is 0 Å². The number of rotatable bonds is 1. The third-order valence-electron chi connectivity index (χ3n) is 3.95. The largest absolute Gasteiger partial charge is 0.449 e. The van der Waals surface area contributed by atoms with Gasteiger partial charge in [0.2, 0.25) is 11.4 Å². The molecule has 0 bridgehead atoms. The van der Waals surface area contributed by atoms with Gasteiger partial charge in [-0.25, -0.2) is 4.57 Å². The van der Waals surface area contributed by atoms with E-state index in [1.165, 1.54) is 4.57 Å². The molecular formula is C17H10N4O2. The van der Waals surface area contributed by atoms with Crippen LogP contribution >= 0.6 is 0 Å². The lowest BCUT2D eigenvalue weighted by Crippen LogP contribution is -2.20. The summed E-state index contributed by atoms with van der Waals surface area (Å²) in [5.74, 6) is 0.459. The van der Waals surface area contributed by atoms with Gasteiger partial charge < -0.3 is 4.42 Å². The van der Waals surface area contributed by atoms with Gasteiger partial charge in [-0.05, 0) is 24.3 Å². The van der Waals surface area contributed by atoms with Crippen LogP contribution in [-0.4, -0.2) is 19.2 Å². The predicted octanol–water partition coefficient (Wildman–Crippen LogP) is 2.78. The molecule has 0 aliphatic heterocycles. The van der Waals surface area contributed by atoms with Crippen LogP contribution in [0.4, 0.5) is 0 Å². The zero-order valence-electron chi connectivity index (χ0n) is 11.9. The molecule has 0 unspecified atom stereocenters. The molecule has 5 aromatic rings. The highest BCUT2D eigenvalue weighted by Crippen LogP contribution is 2.27. The Morgan fingerprint density at radius 3 is 2.61 bits per heavy atom. The van der Waals surface area contributed by atoms with Crippen LogP contribution < -0.4 is 5.56 Å². The summed E-state index contributed by atoms with van der Waals surface area (Å²) >= 11 is 0. The maximum absolute atomic E-state index is 13.0. The molecule has 3 heterocycles. The summed E-state index contributed by atoms with van der Waals surface area (Å²) in [4.78, 5) is 13.0. The van der Waals surface area contributed by atoms with E-state index in [-0.39, 0.29) is 5.56 Å². The number of nitrogens with zero attached hydrogens (tertiary/aromatic N) is 4. The molecule has 0 atom stereocenters. The summed E-state index contributed by atoms with van der Waals surface area (Å²) in [5.41, 5.74) is 2.13. The van der Waals surface area contributed by atoms with Crippen molar-refractivity contribution < 1.29 is 4.42 Å². The Morgan fingerprint density at radius 2 is 1.74 bits per heavy atom. The van der Waals surface area contributed by atoms with Crippen LogP contribution in [0.3, 0.4) is 0 Å². The highest BCUT2D eigenvalue weighted by Gasteiger charge is 2.19. The van der Waals surface area contributed by atoms with E-state index < -0.39 is 0 Å². The second kappa shape index (κ2) is 4.30. The van der Waals surface area contributed by atoms with Crippen molar-refractivity contribution in [1.82, 2.24) is 19.2 Å². The van der Waals surface area contributed by atoms with E-state index in [0.29, 0.717) is 22.5 Å². The van der Waals surface area contributed by atoms with Crippen molar-refractivity contribution in [1.29, 1.82) is 0 Å². The second-order valence-corrected chi connectivity index (χ2v) is 5.25. The Labute approximate surface area is 129 Å². The zero-order valence-corrected chi connectivity index (χ0v) is 11.9. The Hall–Kier alpha value is -3.41. The van der Waals surface area contributed by atoms with Gasteiger partial charge in [-0.3, -0.25) is 9.20 Å². The van der Waals surface area contributed by atoms with Gasteiger partial charge in [0, 0.05) is 5.39 Å². The fourth-order valence-electron chi connectivity index (χ4n) is 2.96. The fraction of sp³-hybridized carbons (Fsp3) is 0. The number of furan rings is 1. The van der Waals surface area contributed by atoms with Crippen LogP contribution in [0.5, 0.6) is 0 Å². The highest BCUT2D eigenvalue weighted by atomic mass is 16.3. The SMILES string of the molecule is O=c1c2oc3ccccc3c2n2cnnc2n1-c1ccccc1. The van der Waals surface area contributed by atoms with Crippen molar-refractivity contribution in [2.75, 3.05) is 0 Å². The average molecular weight is 302 g/mol. The molecule has 0 amide bonds. The molecule has 0 spiro atoms. The molecule has 0 saturated heterocycles. The van der Waals surface area contributed by atoms with Crippen LogP contribution in [0.2, 0.25) is 0 Å². The van der Waals surface area contributed by atoms with Crippen LogP contribution in [0.1, 0.15) is 0 Å². The molecule has 0 N–H and O–H groups in total. The van der Waals surface area contributed by atoms with Gasteiger partial charge in [-0.15, -0.1) is 10.2 Å². The van der Waals surface area contributed by atoms with E-state index in [2.05, 4.69) is 10.2 Å². The molecule has 110 valence electrons. The van der Waals surface area contributed by atoms with E-state index >= 15 is 0 Å². The number of hydrogen-bond donors (Lipinski definition) is 0. The topological polar surface area (TPSA) is 65.3 Å². The van der Waals surface area contributed by atoms with Gasteiger partial charge in [-0.2, -0.15) is 0 Å². The molecule has 0 aliphatic rings. The summed E-state index contributed by atoms with van der Waals surface area (Å²) in [5, 5.41) is 8.97. The number of hydrogen-bond acceptors (Lipinski definition) is 4. The van der Waals surface area contributed by atoms with Crippen molar-refractivity contribution in [3.8, 4) is 5.69 Å². The van der Waals surface area contributed by atoms with Crippen LogP contribution in [-0.2, 0) is 0 Å². The molecule has 0 fully saturated rings. The van der Waals surface area contributed by atoms with Crippen molar-refractivity contribution in [3.05, 3.63) is 71.3 Å². The smallest absolute Gasteiger partial charge is 0.303 e. The number of aromatic nitrogens is 4. The first-order valence-electron chi connectivity index (χ1n) is 7.16. The minimum Gasteiger partial charge on any atom is -0.449 e. The molecule has 5 rings (SSSR count). The summed E-state index contributed by atoms with van der Waals surface area (Å²) in [6.07, 6.45) is 1.60. The minimum absolute atomic E-state index is 0.247. The lowest BCUT2D eigenvalue weighted by Gasteiger charge is -2.07. The summed E-state index contributed by atoms with van der Waals surface area (Å²) in [6, 6.07) is 16.9. The molecule has 6 nitrogen and oxygen atoms in total. The minimum atomic E-state index is -0.247.